The molecule has 4 aromatic rings. The molecule has 0 aliphatic heterocycles. The fourth-order valence-electron chi connectivity index (χ4n) is 3.54. The molecule has 0 aliphatic carbocycles. The second kappa shape index (κ2) is 8.75. The second-order valence-electron chi connectivity index (χ2n) is 7.80. The van der Waals surface area contributed by atoms with Crippen molar-refractivity contribution in [1.82, 2.24) is 19.3 Å². The Morgan fingerprint density at radius 3 is 2.46 bits per heavy atom. The lowest BCUT2D eigenvalue weighted by Crippen LogP contribution is -2.42. The van der Waals surface area contributed by atoms with Gasteiger partial charge in [-0.25, -0.2) is 17.8 Å². The number of nitriles is 1. The first-order chi connectivity index (χ1) is 16.4. The average molecular weight is 503 g/mol. The van der Waals surface area contributed by atoms with Crippen LogP contribution < -0.4 is 4.72 Å². The Labute approximate surface area is 197 Å². The molecule has 12 heteroatoms. The zero-order chi connectivity index (χ0) is 25.5. The minimum absolute atomic E-state index is 0.143. The van der Waals surface area contributed by atoms with Gasteiger partial charge in [0.1, 0.15) is 28.5 Å². The molecule has 3 aromatic heterocycles. The molecule has 0 aliphatic rings. The van der Waals surface area contributed by atoms with Crippen LogP contribution in [0.15, 0.2) is 59.8 Å². The molecule has 1 N–H and O–H groups in total. The molecule has 4 rings (SSSR count). The third-order valence-corrected chi connectivity index (χ3v) is 6.76. The summed E-state index contributed by atoms with van der Waals surface area (Å²) in [6, 6.07) is 9.48. The Bertz CT molecular complexity index is 1570. The van der Waals surface area contributed by atoms with Gasteiger partial charge in [0.2, 0.25) is 10.0 Å². The number of pyridine rings is 2. The molecular formula is C23H17F4N5O2S. The number of sulfonamides is 1. The van der Waals surface area contributed by atoms with Gasteiger partial charge in [0.25, 0.3) is 0 Å². The van der Waals surface area contributed by atoms with E-state index < -0.39 is 33.0 Å². The first kappa shape index (κ1) is 24.3. The number of benzene rings is 1. The fraction of sp³-hybridized carbons (Fsp3) is 0.174. The van der Waals surface area contributed by atoms with Crippen molar-refractivity contribution >= 4 is 21.1 Å². The lowest BCUT2D eigenvalue weighted by Gasteiger charge is -2.17. The van der Waals surface area contributed by atoms with Crippen LogP contribution in [0.25, 0.3) is 28.1 Å². The molecule has 0 spiro atoms. The molecule has 0 saturated carbocycles. The van der Waals surface area contributed by atoms with Crippen LogP contribution in [0.1, 0.15) is 18.1 Å². The van der Waals surface area contributed by atoms with Crippen molar-refractivity contribution in [2.24, 2.45) is 0 Å². The van der Waals surface area contributed by atoms with Crippen LogP contribution in [-0.2, 0) is 10.0 Å². The van der Waals surface area contributed by atoms with E-state index in [9.17, 15) is 31.2 Å². The molecule has 0 saturated heterocycles. The van der Waals surface area contributed by atoms with Crippen molar-refractivity contribution in [2.75, 3.05) is 0 Å². The maximum Gasteiger partial charge on any atom is 0.404 e. The number of fused-ring (bicyclic) bond motifs is 1. The van der Waals surface area contributed by atoms with Gasteiger partial charge in [-0.15, -0.1) is 0 Å². The van der Waals surface area contributed by atoms with Gasteiger partial charge in [-0.05, 0) is 55.8 Å². The summed E-state index contributed by atoms with van der Waals surface area (Å²) in [5, 5.41) is 10.4. The molecule has 0 bridgehead atoms. The topological polar surface area (TPSA) is 101 Å². The van der Waals surface area contributed by atoms with Crippen LogP contribution in [0.4, 0.5) is 17.6 Å². The van der Waals surface area contributed by atoms with Gasteiger partial charge >= 0.3 is 6.18 Å². The monoisotopic (exact) mass is 503 g/mol. The number of alkyl halides is 3. The molecule has 180 valence electrons. The Hall–Kier alpha value is -3.82. The number of hydrogen-bond acceptors (Lipinski definition) is 5. The molecule has 3 heterocycles. The van der Waals surface area contributed by atoms with Crippen LogP contribution in [-0.4, -0.2) is 35.2 Å². The van der Waals surface area contributed by atoms with Gasteiger partial charge in [-0.2, -0.15) is 23.2 Å². The third-order valence-electron chi connectivity index (χ3n) is 5.24. The Morgan fingerprint density at radius 1 is 1.11 bits per heavy atom. The minimum atomic E-state index is -4.76. The van der Waals surface area contributed by atoms with Gasteiger partial charge < -0.3 is 0 Å². The van der Waals surface area contributed by atoms with E-state index in [-0.39, 0.29) is 17.0 Å². The number of rotatable bonds is 5. The standard InChI is InChI=1S/C23H17F4N5O2S/c1-13-8-18-19(10-28)21(32(22(18)30-11-13)16-5-3-4-15(24)9-16)20-7-6-17(12-29-20)35(33,34)31-14(2)23(25,26)27/h3-9,11-12,14,31H,1-2H3. The van der Waals surface area contributed by atoms with E-state index in [2.05, 4.69) is 16.0 Å². The quantitative estimate of drug-likeness (QED) is 0.400. The van der Waals surface area contributed by atoms with Crippen molar-refractivity contribution < 1.29 is 26.0 Å². The van der Waals surface area contributed by atoms with E-state index in [0.29, 0.717) is 23.6 Å². The van der Waals surface area contributed by atoms with Crippen molar-refractivity contribution in [3.05, 3.63) is 71.8 Å². The zero-order valence-electron chi connectivity index (χ0n) is 18.3. The fourth-order valence-corrected chi connectivity index (χ4v) is 4.71. The van der Waals surface area contributed by atoms with Gasteiger partial charge in [0, 0.05) is 17.8 Å². The lowest BCUT2D eigenvalue weighted by atomic mass is 10.1. The first-order valence-electron chi connectivity index (χ1n) is 10.1. The maximum atomic E-state index is 14.0. The summed E-state index contributed by atoms with van der Waals surface area (Å²) in [5.74, 6) is -0.528. The van der Waals surface area contributed by atoms with E-state index in [1.165, 1.54) is 28.8 Å². The summed E-state index contributed by atoms with van der Waals surface area (Å²) < 4.78 is 80.4. The molecule has 7 nitrogen and oxygen atoms in total. The highest BCUT2D eigenvalue weighted by molar-refractivity contribution is 7.89. The molecule has 0 fully saturated rings. The van der Waals surface area contributed by atoms with Crippen LogP contribution in [0.5, 0.6) is 0 Å². The van der Waals surface area contributed by atoms with Gasteiger partial charge in [-0.1, -0.05) is 6.07 Å². The number of nitrogens with one attached hydrogen (secondary N) is 1. The second-order valence-corrected chi connectivity index (χ2v) is 9.51. The number of hydrogen-bond donors (Lipinski definition) is 1. The van der Waals surface area contributed by atoms with Crippen molar-refractivity contribution in [1.29, 1.82) is 5.26 Å². The van der Waals surface area contributed by atoms with E-state index in [1.54, 1.807) is 30.0 Å². The van der Waals surface area contributed by atoms with E-state index >= 15 is 0 Å². The summed E-state index contributed by atoms with van der Waals surface area (Å²) in [5.41, 5.74) is 2.02. The van der Waals surface area contributed by atoms with E-state index in [4.69, 9.17) is 0 Å². The summed E-state index contributed by atoms with van der Waals surface area (Å²) >= 11 is 0. The normalized spacial score (nSPS) is 13.1. The van der Waals surface area contributed by atoms with Crippen LogP contribution in [0.3, 0.4) is 0 Å². The summed E-state index contributed by atoms with van der Waals surface area (Å²) in [6.07, 6.45) is -2.28. The highest BCUT2D eigenvalue weighted by Crippen LogP contribution is 2.35. The molecule has 1 unspecified atom stereocenters. The number of aromatic nitrogens is 3. The summed E-state index contributed by atoms with van der Waals surface area (Å²) in [6.45, 7) is 2.48. The molecule has 0 radical (unpaired) electrons. The SMILES string of the molecule is Cc1cnc2c(c1)c(C#N)c(-c1ccc(S(=O)(=O)NC(C)C(F)(F)F)cn1)n2-c1cccc(F)c1. The van der Waals surface area contributed by atoms with Gasteiger partial charge in [0.15, 0.2) is 0 Å². The molecular weight excluding hydrogens is 486 g/mol. The third kappa shape index (κ3) is 4.60. The van der Waals surface area contributed by atoms with Crippen LogP contribution in [0, 0.1) is 24.1 Å². The maximum absolute atomic E-state index is 14.0. The summed E-state index contributed by atoms with van der Waals surface area (Å²) in [4.78, 5) is 8.04. The van der Waals surface area contributed by atoms with Crippen molar-refractivity contribution in [3.63, 3.8) is 0 Å². The lowest BCUT2D eigenvalue weighted by molar-refractivity contribution is -0.147. The highest BCUT2D eigenvalue weighted by Gasteiger charge is 2.39. The van der Waals surface area contributed by atoms with Gasteiger partial charge in [0.05, 0.1) is 22.6 Å². The molecule has 1 atom stereocenters. The predicted molar refractivity (Wildman–Crippen MR) is 120 cm³/mol. The number of halogens is 4. The Balaban J connectivity index is 1.89. The molecule has 35 heavy (non-hydrogen) atoms. The first-order valence-corrected chi connectivity index (χ1v) is 11.6. The zero-order valence-corrected chi connectivity index (χ0v) is 19.1. The Kier molecular flexibility index (Phi) is 6.08. The molecule has 0 amide bonds. The van der Waals surface area contributed by atoms with Crippen LogP contribution >= 0.6 is 0 Å². The van der Waals surface area contributed by atoms with Crippen molar-refractivity contribution in [2.45, 2.75) is 31.0 Å². The van der Waals surface area contributed by atoms with Gasteiger partial charge in [-0.3, -0.25) is 9.55 Å². The van der Waals surface area contributed by atoms with E-state index in [1.807, 2.05) is 0 Å². The smallest absolute Gasteiger partial charge is 0.291 e. The largest absolute Gasteiger partial charge is 0.404 e. The molecule has 1 aromatic carbocycles. The number of nitrogens with zero attached hydrogens (tertiary/aromatic N) is 4. The predicted octanol–water partition coefficient (Wildman–Crippen LogP) is 4.64. The minimum Gasteiger partial charge on any atom is -0.291 e. The Morgan fingerprint density at radius 2 is 1.86 bits per heavy atom. The van der Waals surface area contributed by atoms with Crippen LogP contribution in [0.2, 0.25) is 0 Å². The number of aryl methyl sites for hydroxylation is 1. The van der Waals surface area contributed by atoms with E-state index in [0.717, 1.165) is 17.8 Å². The summed E-state index contributed by atoms with van der Waals surface area (Å²) in [7, 11) is -4.52. The van der Waals surface area contributed by atoms with Crippen molar-refractivity contribution in [3.8, 4) is 23.1 Å². The average Bonchev–Trinajstić information content (AvgIpc) is 3.11. The highest BCUT2D eigenvalue weighted by atomic mass is 32.2.